The smallest absolute Gasteiger partial charge is 0.273 e. The summed E-state index contributed by atoms with van der Waals surface area (Å²) < 4.78 is 5.69. The van der Waals surface area contributed by atoms with Gasteiger partial charge in [0.05, 0.1) is 21.6 Å². The first kappa shape index (κ1) is 28.0. The van der Waals surface area contributed by atoms with Gasteiger partial charge in [0.2, 0.25) is 0 Å². The fraction of sp³-hybridized carbons (Fsp3) is 0.172. The molecule has 0 atom stereocenters. The molecule has 0 unspecified atom stereocenters. The number of nitrogens with zero attached hydrogens (tertiary/aromatic N) is 1. The minimum absolute atomic E-state index is 0.0110. The Labute approximate surface area is 235 Å². The highest BCUT2D eigenvalue weighted by molar-refractivity contribution is 8.08. The summed E-state index contributed by atoms with van der Waals surface area (Å²) in [4.78, 5) is 54.2. The Kier molecular flexibility index (Phi) is 8.78. The third kappa shape index (κ3) is 6.35. The average molecular weight is 562 g/mol. The maximum absolute atomic E-state index is 13.7. The van der Waals surface area contributed by atoms with Crippen LogP contribution in [-0.4, -0.2) is 43.8 Å². The number of carbonyl (C=O) groups excluding carboxylic acids is 4. The SMILES string of the molecule is CNC(=O)c1ccc(SC2=C(Sc3ccc(C(=O)NC)cc3)C(=O)N(c3ccc(OC(C)C)cc3)C2=O)cc1. The second-order valence-electron chi connectivity index (χ2n) is 8.68. The van der Waals surface area contributed by atoms with E-state index in [-0.39, 0.29) is 27.7 Å². The van der Waals surface area contributed by atoms with Crippen LogP contribution < -0.4 is 20.3 Å². The Morgan fingerprint density at radius 3 is 1.46 bits per heavy atom. The quantitative estimate of drug-likeness (QED) is 0.360. The summed E-state index contributed by atoms with van der Waals surface area (Å²) in [7, 11) is 3.11. The van der Waals surface area contributed by atoms with Crippen molar-refractivity contribution in [3.05, 3.63) is 93.7 Å². The van der Waals surface area contributed by atoms with E-state index in [9.17, 15) is 19.2 Å². The molecule has 0 saturated carbocycles. The number of anilines is 1. The molecule has 0 aliphatic carbocycles. The molecule has 2 N–H and O–H groups in total. The molecule has 0 saturated heterocycles. The molecule has 200 valence electrons. The molecule has 4 rings (SSSR count). The molecular weight excluding hydrogens is 534 g/mol. The van der Waals surface area contributed by atoms with Gasteiger partial charge in [-0.05, 0) is 86.6 Å². The van der Waals surface area contributed by atoms with Crippen LogP contribution in [0.15, 0.2) is 92.4 Å². The summed E-state index contributed by atoms with van der Waals surface area (Å²) in [6, 6.07) is 20.4. The Morgan fingerprint density at radius 2 is 1.10 bits per heavy atom. The molecule has 1 heterocycles. The van der Waals surface area contributed by atoms with E-state index >= 15 is 0 Å². The van der Waals surface area contributed by atoms with Gasteiger partial charge in [-0.2, -0.15) is 0 Å². The monoisotopic (exact) mass is 561 g/mol. The van der Waals surface area contributed by atoms with E-state index in [2.05, 4.69) is 10.6 Å². The van der Waals surface area contributed by atoms with E-state index in [1.165, 1.54) is 23.5 Å². The molecule has 0 aromatic heterocycles. The fourth-order valence-electron chi connectivity index (χ4n) is 3.72. The molecule has 0 fully saturated rings. The van der Waals surface area contributed by atoms with Crippen LogP contribution in [0.25, 0.3) is 0 Å². The zero-order chi connectivity index (χ0) is 28.1. The first-order valence-corrected chi connectivity index (χ1v) is 13.7. The van der Waals surface area contributed by atoms with Crippen LogP contribution in [0, 0.1) is 0 Å². The number of thioether (sulfide) groups is 2. The van der Waals surface area contributed by atoms with E-state index in [0.717, 1.165) is 4.90 Å². The number of imide groups is 1. The van der Waals surface area contributed by atoms with Crippen molar-refractivity contribution in [3.8, 4) is 5.75 Å². The third-order valence-electron chi connectivity index (χ3n) is 5.59. The van der Waals surface area contributed by atoms with Crippen molar-refractivity contribution in [1.82, 2.24) is 10.6 Å². The number of rotatable bonds is 9. The Bertz CT molecular complexity index is 1350. The van der Waals surface area contributed by atoms with Gasteiger partial charge in [0, 0.05) is 35.0 Å². The molecule has 1 aliphatic rings. The molecule has 0 radical (unpaired) electrons. The lowest BCUT2D eigenvalue weighted by molar-refractivity contribution is -0.120. The van der Waals surface area contributed by atoms with Crippen molar-refractivity contribution < 1.29 is 23.9 Å². The minimum Gasteiger partial charge on any atom is -0.491 e. The average Bonchev–Trinajstić information content (AvgIpc) is 3.17. The van der Waals surface area contributed by atoms with E-state index in [0.29, 0.717) is 32.4 Å². The lowest BCUT2D eigenvalue weighted by Gasteiger charge is -2.16. The number of amides is 4. The van der Waals surface area contributed by atoms with Gasteiger partial charge in [-0.15, -0.1) is 0 Å². The zero-order valence-corrected chi connectivity index (χ0v) is 23.4. The Morgan fingerprint density at radius 1 is 0.692 bits per heavy atom. The fourth-order valence-corrected chi connectivity index (χ4v) is 5.71. The van der Waals surface area contributed by atoms with Crippen LogP contribution in [0.3, 0.4) is 0 Å². The predicted molar refractivity (Wildman–Crippen MR) is 153 cm³/mol. The van der Waals surface area contributed by atoms with E-state index in [1.54, 1.807) is 86.9 Å². The van der Waals surface area contributed by atoms with Crippen molar-refractivity contribution in [1.29, 1.82) is 0 Å². The number of ether oxygens (including phenoxy) is 1. The second-order valence-corrected chi connectivity index (χ2v) is 10.8. The minimum atomic E-state index is -0.442. The Balaban J connectivity index is 1.67. The van der Waals surface area contributed by atoms with Gasteiger partial charge in [0.15, 0.2) is 0 Å². The van der Waals surface area contributed by atoms with Crippen LogP contribution in [0.1, 0.15) is 34.6 Å². The summed E-state index contributed by atoms with van der Waals surface area (Å²) in [6.45, 7) is 3.83. The van der Waals surface area contributed by atoms with Gasteiger partial charge in [0.25, 0.3) is 23.6 Å². The first-order valence-electron chi connectivity index (χ1n) is 12.1. The molecule has 3 aromatic carbocycles. The van der Waals surface area contributed by atoms with Gasteiger partial charge in [-0.3, -0.25) is 19.2 Å². The largest absolute Gasteiger partial charge is 0.491 e. The molecule has 0 spiro atoms. The molecule has 3 aromatic rings. The van der Waals surface area contributed by atoms with Gasteiger partial charge in [-0.1, -0.05) is 23.5 Å². The summed E-state index contributed by atoms with van der Waals surface area (Å²) >= 11 is 2.33. The van der Waals surface area contributed by atoms with E-state index < -0.39 is 11.8 Å². The number of hydrogen-bond acceptors (Lipinski definition) is 7. The number of hydrogen-bond donors (Lipinski definition) is 2. The maximum Gasteiger partial charge on any atom is 0.273 e. The predicted octanol–water partition coefficient (Wildman–Crippen LogP) is 4.86. The lowest BCUT2D eigenvalue weighted by atomic mass is 10.2. The second kappa shape index (κ2) is 12.2. The normalized spacial score (nSPS) is 13.2. The number of nitrogens with one attached hydrogen (secondary N) is 2. The van der Waals surface area contributed by atoms with Crippen LogP contribution in [0.4, 0.5) is 5.69 Å². The van der Waals surface area contributed by atoms with Gasteiger partial charge >= 0.3 is 0 Å². The molecule has 8 nitrogen and oxygen atoms in total. The molecule has 1 aliphatic heterocycles. The molecule has 4 amide bonds. The molecule has 0 bridgehead atoms. The van der Waals surface area contributed by atoms with Crippen molar-refractivity contribution in [3.63, 3.8) is 0 Å². The van der Waals surface area contributed by atoms with Gasteiger partial charge < -0.3 is 15.4 Å². The third-order valence-corrected chi connectivity index (χ3v) is 7.91. The Hall–Kier alpha value is -4.02. The van der Waals surface area contributed by atoms with E-state index in [4.69, 9.17) is 4.74 Å². The molecule has 39 heavy (non-hydrogen) atoms. The van der Waals surface area contributed by atoms with Gasteiger partial charge in [-0.25, -0.2) is 4.90 Å². The first-order chi connectivity index (χ1) is 18.7. The highest BCUT2D eigenvalue weighted by Gasteiger charge is 2.40. The summed E-state index contributed by atoms with van der Waals surface area (Å²) in [6.07, 6.45) is -0.0110. The van der Waals surface area contributed by atoms with Crippen molar-refractivity contribution in [2.24, 2.45) is 0 Å². The summed E-state index contributed by atoms with van der Waals surface area (Å²) in [5.74, 6) is -0.682. The summed E-state index contributed by atoms with van der Waals surface area (Å²) in [5, 5.41) is 5.15. The lowest BCUT2D eigenvalue weighted by Crippen LogP contribution is -2.31. The van der Waals surface area contributed by atoms with Crippen molar-refractivity contribution in [2.45, 2.75) is 29.7 Å². The van der Waals surface area contributed by atoms with Crippen LogP contribution in [0.5, 0.6) is 5.75 Å². The summed E-state index contributed by atoms with van der Waals surface area (Å²) in [5.41, 5.74) is 1.40. The highest BCUT2D eigenvalue weighted by Crippen LogP contribution is 2.44. The zero-order valence-electron chi connectivity index (χ0n) is 21.8. The van der Waals surface area contributed by atoms with Crippen molar-refractivity contribution >= 4 is 52.8 Å². The number of benzene rings is 3. The standard InChI is InChI=1S/C29H27N3O5S2/c1-17(2)37-21-11-9-20(10-12-21)32-28(35)24(38-22-13-5-18(6-14-22)26(33)30-3)25(29(32)36)39-23-15-7-19(8-16-23)27(34)31-4/h5-17H,1-4H3,(H,30,33)(H,31,34). The van der Waals surface area contributed by atoms with Crippen LogP contribution in [0.2, 0.25) is 0 Å². The highest BCUT2D eigenvalue weighted by atomic mass is 32.2. The maximum atomic E-state index is 13.7. The van der Waals surface area contributed by atoms with Crippen molar-refractivity contribution in [2.75, 3.05) is 19.0 Å². The topological polar surface area (TPSA) is 105 Å². The number of carbonyl (C=O) groups is 4. The van der Waals surface area contributed by atoms with Crippen LogP contribution >= 0.6 is 23.5 Å². The molecule has 10 heteroatoms. The van der Waals surface area contributed by atoms with Crippen LogP contribution in [-0.2, 0) is 9.59 Å². The molecular formula is C29H27N3O5S2. The van der Waals surface area contributed by atoms with E-state index in [1.807, 2.05) is 13.8 Å². The van der Waals surface area contributed by atoms with Gasteiger partial charge in [0.1, 0.15) is 5.75 Å².